The van der Waals surface area contributed by atoms with E-state index in [2.05, 4.69) is 154 Å². The Morgan fingerprint density at radius 2 is 0.689 bits per heavy atom. The third-order valence-corrected chi connectivity index (χ3v) is 8.18. The van der Waals surface area contributed by atoms with Crippen molar-refractivity contribution < 1.29 is 0 Å². The van der Waals surface area contributed by atoms with Crippen molar-refractivity contribution in [2.24, 2.45) is 0 Å². The predicted octanol–water partition coefficient (Wildman–Crippen LogP) is 11.4. The van der Waals surface area contributed by atoms with Gasteiger partial charge in [-0.25, -0.2) is 9.97 Å². The summed E-state index contributed by atoms with van der Waals surface area (Å²) < 4.78 is 0. The number of aromatic nitrogens is 2. The van der Waals surface area contributed by atoms with Crippen LogP contribution in [0.5, 0.6) is 0 Å². The van der Waals surface area contributed by atoms with Crippen LogP contribution in [0.4, 0.5) is 0 Å². The van der Waals surface area contributed by atoms with Gasteiger partial charge in [0.2, 0.25) is 0 Å². The Labute approximate surface area is 265 Å². The van der Waals surface area contributed by atoms with Crippen LogP contribution in [0.1, 0.15) is 16.7 Å². The minimum atomic E-state index is 0.715. The molecule has 7 rings (SSSR count). The highest BCUT2D eigenvalue weighted by atomic mass is 14.9. The van der Waals surface area contributed by atoms with Crippen molar-refractivity contribution in [1.29, 1.82) is 0 Å². The summed E-state index contributed by atoms with van der Waals surface area (Å²) in [6, 6.07) is 53.8. The molecular formula is C43H34N2. The third kappa shape index (κ3) is 6.23. The van der Waals surface area contributed by atoms with E-state index in [9.17, 15) is 0 Å². The Hall–Kier alpha value is -5.60. The molecule has 2 nitrogen and oxygen atoms in total. The summed E-state index contributed by atoms with van der Waals surface area (Å²) in [5, 5.41) is 0. The Morgan fingerprint density at radius 3 is 1.22 bits per heavy atom. The average molecular weight is 579 g/mol. The summed E-state index contributed by atoms with van der Waals surface area (Å²) in [6.07, 6.45) is 0. The van der Waals surface area contributed by atoms with Gasteiger partial charge in [-0.3, -0.25) is 0 Å². The van der Waals surface area contributed by atoms with E-state index in [1.54, 1.807) is 0 Å². The first-order valence-electron chi connectivity index (χ1n) is 15.4. The van der Waals surface area contributed by atoms with E-state index in [1.807, 2.05) is 18.2 Å². The molecule has 0 unspecified atom stereocenters. The van der Waals surface area contributed by atoms with E-state index in [0.29, 0.717) is 5.82 Å². The summed E-state index contributed by atoms with van der Waals surface area (Å²) in [6.45, 7) is 6.43. The van der Waals surface area contributed by atoms with Crippen molar-refractivity contribution in [2.75, 3.05) is 0 Å². The van der Waals surface area contributed by atoms with Gasteiger partial charge in [0.1, 0.15) is 0 Å². The van der Waals surface area contributed by atoms with Crippen molar-refractivity contribution in [1.82, 2.24) is 9.97 Å². The Morgan fingerprint density at radius 1 is 0.289 bits per heavy atom. The summed E-state index contributed by atoms with van der Waals surface area (Å²) in [4.78, 5) is 10.2. The Kier molecular flexibility index (Phi) is 7.63. The van der Waals surface area contributed by atoms with Gasteiger partial charge in [0.25, 0.3) is 0 Å². The van der Waals surface area contributed by atoms with Crippen molar-refractivity contribution in [3.05, 3.63) is 168 Å². The van der Waals surface area contributed by atoms with Gasteiger partial charge in [-0.15, -0.1) is 0 Å². The zero-order chi connectivity index (χ0) is 30.8. The van der Waals surface area contributed by atoms with E-state index in [4.69, 9.17) is 9.97 Å². The topological polar surface area (TPSA) is 25.8 Å². The molecule has 0 fully saturated rings. The molecule has 0 amide bonds. The van der Waals surface area contributed by atoms with E-state index in [1.165, 1.54) is 44.5 Å². The van der Waals surface area contributed by atoms with Gasteiger partial charge in [-0.1, -0.05) is 144 Å². The van der Waals surface area contributed by atoms with Gasteiger partial charge < -0.3 is 0 Å². The standard InChI is InChI=1S/C43H34N2/c1-29-11-7-14-33(22-29)34-15-8-16-35(25-34)36-17-9-19-38(26-36)41-28-42(45-43(44-41)32-12-5-4-6-13-32)39-20-10-18-37(27-39)40-23-30(2)21-31(3)24-40/h4-28H,1-3H3. The van der Waals surface area contributed by atoms with Crippen LogP contribution >= 0.6 is 0 Å². The lowest BCUT2D eigenvalue weighted by atomic mass is 9.96. The first-order valence-corrected chi connectivity index (χ1v) is 15.4. The first-order chi connectivity index (χ1) is 22.0. The number of hydrogen-bond donors (Lipinski definition) is 0. The molecule has 0 spiro atoms. The largest absolute Gasteiger partial charge is 0.228 e. The summed E-state index contributed by atoms with van der Waals surface area (Å²) >= 11 is 0. The van der Waals surface area contributed by atoms with Gasteiger partial charge >= 0.3 is 0 Å². The van der Waals surface area contributed by atoms with Crippen LogP contribution < -0.4 is 0 Å². The third-order valence-electron chi connectivity index (χ3n) is 8.18. The molecule has 0 aliphatic carbocycles. The van der Waals surface area contributed by atoms with Gasteiger partial charge in [0.15, 0.2) is 5.82 Å². The van der Waals surface area contributed by atoms with Gasteiger partial charge in [0.05, 0.1) is 11.4 Å². The maximum atomic E-state index is 5.10. The second-order valence-corrected chi connectivity index (χ2v) is 11.8. The maximum absolute atomic E-state index is 5.10. The molecule has 0 atom stereocenters. The molecule has 7 aromatic rings. The molecule has 2 heteroatoms. The van der Waals surface area contributed by atoms with Crippen LogP contribution in [0.25, 0.3) is 67.3 Å². The van der Waals surface area contributed by atoms with Crippen LogP contribution in [-0.2, 0) is 0 Å². The molecule has 1 heterocycles. The minimum absolute atomic E-state index is 0.715. The lowest BCUT2D eigenvalue weighted by molar-refractivity contribution is 1.18. The molecule has 1 aromatic heterocycles. The molecule has 0 saturated carbocycles. The number of hydrogen-bond acceptors (Lipinski definition) is 2. The Balaban J connectivity index is 1.32. The highest BCUT2D eigenvalue weighted by Crippen LogP contribution is 2.33. The molecule has 45 heavy (non-hydrogen) atoms. The SMILES string of the molecule is Cc1cccc(-c2cccc(-c3cccc(-c4cc(-c5cccc(-c6cc(C)cc(C)c6)c5)nc(-c5ccccc5)n4)c3)c2)c1. The van der Waals surface area contributed by atoms with E-state index in [0.717, 1.165) is 33.6 Å². The zero-order valence-corrected chi connectivity index (χ0v) is 25.8. The lowest BCUT2D eigenvalue weighted by Crippen LogP contribution is -1.96. The fourth-order valence-corrected chi connectivity index (χ4v) is 6.02. The quantitative estimate of drug-likeness (QED) is 0.196. The highest BCUT2D eigenvalue weighted by Gasteiger charge is 2.13. The fraction of sp³-hybridized carbons (Fsp3) is 0.0698. The number of rotatable bonds is 6. The maximum Gasteiger partial charge on any atom is 0.160 e. The van der Waals surface area contributed by atoms with Crippen molar-refractivity contribution >= 4 is 0 Å². The monoisotopic (exact) mass is 578 g/mol. The second kappa shape index (κ2) is 12.2. The van der Waals surface area contributed by atoms with E-state index < -0.39 is 0 Å². The molecule has 6 aromatic carbocycles. The molecule has 0 N–H and O–H groups in total. The normalized spacial score (nSPS) is 11.0. The molecule has 216 valence electrons. The second-order valence-electron chi connectivity index (χ2n) is 11.8. The molecule has 0 aliphatic rings. The molecule has 0 saturated heterocycles. The fourth-order valence-electron chi connectivity index (χ4n) is 6.02. The average Bonchev–Trinajstić information content (AvgIpc) is 3.08. The number of nitrogens with zero attached hydrogens (tertiary/aromatic N) is 2. The molecule has 0 bridgehead atoms. The van der Waals surface area contributed by atoms with Crippen LogP contribution in [0.15, 0.2) is 152 Å². The molecule has 0 radical (unpaired) electrons. The highest BCUT2D eigenvalue weighted by molar-refractivity contribution is 5.79. The van der Waals surface area contributed by atoms with Crippen molar-refractivity contribution in [2.45, 2.75) is 20.8 Å². The van der Waals surface area contributed by atoms with Crippen LogP contribution in [0.3, 0.4) is 0 Å². The summed E-state index contributed by atoms with van der Waals surface area (Å²) in [5.41, 5.74) is 15.8. The summed E-state index contributed by atoms with van der Waals surface area (Å²) in [5.74, 6) is 0.715. The van der Waals surface area contributed by atoms with Crippen LogP contribution in [-0.4, -0.2) is 9.97 Å². The Bertz CT molecular complexity index is 2120. The molecule has 0 aliphatic heterocycles. The smallest absolute Gasteiger partial charge is 0.160 e. The van der Waals surface area contributed by atoms with E-state index in [-0.39, 0.29) is 0 Å². The van der Waals surface area contributed by atoms with Crippen LogP contribution in [0, 0.1) is 20.8 Å². The number of aryl methyl sites for hydroxylation is 3. The predicted molar refractivity (Wildman–Crippen MR) is 189 cm³/mol. The zero-order valence-electron chi connectivity index (χ0n) is 25.8. The van der Waals surface area contributed by atoms with Crippen molar-refractivity contribution in [3.8, 4) is 67.3 Å². The van der Waals surface area contributed by atoms with Gasteiger partial charge in [0, 0.05) is 16.7 Å². The van der Waals surface area contributed by atoms with Gasteiger partial charge in [-0.05, 0) is 78.4 Å². The van der Waals surface area contributed by atoms with Gasteiger partial charge in [-0.2, -0.15) is 0 Å². The van der Waals surface area contributed by atoms with E-state index >= 15 is 0 Å². The lowest BCUT2D eigenvalue weighted by Gasteiger charge is -2.12. The minimum Gasteiger partial charge on any atom is -0.228 e. The first kappa shape index (κ1) is 28.2. The molecular weight excluding hydrogens is 544 g/mol. The van der Waals surface area contributed by atoms with Crippen molar-refractivity contribution in [3.63, 3.8) is 0 Å². The number of benzene rings is 6. The van der Waals surface area contributed by atoms with Crippen LogP contribution in [0.2, 0.25) is 0 Å². The summed E-state index contributed by atoms with van der Waals surface area (Å²) in [7, 11) is 0.